The summed E-state index contributed by atoms with van der Waals surface area (Å²) in [6.07, 6.45) is 0.546. The van der Waals surface area contributed by atoms with Gasteiger partial charge in [-0.05, 0) is 42.3 Å². The highest BCUT2D eigenvalue weighted by molar-refractivity contribution is 5.94. The number of hydrogen-bond acceptors (Lipinski definition) is 4. The Hall–Kier alpha value is -2.89. The molecule has 0 saturated carbocycles. The first-order valence-corrected chi connectivity index (χ1v) is 8.70. The van der Waals surface area contributed by atoms with Crippen LogP contribution in [0.5, 0.6) is 5.75 Å². The van der Waals surface area contributed by atoms with Gasteiger partial charge in [-0.2, -0.15) is 0 Å². The van der Waals surface area contributed by atoms with Crippen LogP contribution in [0.1, 0.15) is 22.8 Å². The number of methoxy groups -OCH3 is 2. The highest BCUT2D eigenvalue weighted by Gasteiger charge is 2.22. The molecule has 0 saturated heterocycles. The molecule has 2 aromatic rings. The lowest BCUT2D eigenvalue weighted by Gasteiger charge is -2.25. The number of halogens is 1. The van der Waals surface area contributed by atoms with Crippen molar-refractivity contribution in [2.24, 2.45) is 5.92 Å². The van der Waals surface area contributed by atoms with Crippen LogP contribution in [-0.4, -0.2) is 44.1 Å². The first-order valence-electron chi connectivity index (χ1n) is 8.70. The Morgan fingerprint density at radius 2 is 1.81 bits per heavy atom. The van der Waals surface area contributed by atoms with Crippen LogP contribution in [0.4, 0.5) is 4.39 Å². The van der Waals surface area contributed by atoms with Crippen molar-refractivity contribution in [3.63, 3.8) is 0 Å². The van der Waals surface area contributed by atoms with Gasteiger partial charge in [-0.25, -0.2) is 4.39 Å². The van der Waals surface area contributed by atoms with E-state index in [0.29, 0.717) is 24.3 Å². The van der Waals surface area contributed by atoms with E-state index in [9.17, 15) is 14.0 Å². The molecule has 5 nitrogen and oxygen atoms in total. The molecule has 0 radical (unpaired) electrons. The molecule has 1 unspecified atom stereocenters. The number of carbonyl (C=O) groups excluding carboxylic acids is 2. The summed E-state index contributed by atoms with van der Waals surface area (Å²) in [5, 5.41) is 0. The number of nitrogens with zero attached hydrogens (tertiary/aromatic N) is 1. The summed E-state index contributed by atoms with van der Waals surface area (Å²) in [4.78, 5) is 26.4. The summed E-state index contributed by atoms with van der Waals surface area (Å²) in [6, 6.07) is 13.0. The molecule has 2 aromatic carbocycles. The normalized spacial score (nSPS) is 11.6. The fraction of sp³-hybridized carbons (Fsp3) is 0.333. The largest absolute Gasteiger partial charge is 0.497 e. The minimum atomic E-state index is -0.460. The Morgan fingerprint density at radius 1 is 1.11 bits per heavy atom. The van der Waals surface area contributed by atoms with E-state index in [2.05, 4.69) is 0 Å². The van der Waals surface area contributed by atoms with E-state index < -0.39 is 5.92 Å². The van der Waals surface area contributed by atoms with E-state index in [0.717, 1.165) is 5.56 Å². The second kappa shape index (κ2) is 9.71. The molecule has 0 aliphatic carbocycles. The van der Waals surface area contributed by atoms with Crippen LogP contribution >= 0.6 is 0 Å². The molecule has 0 spiro atoms. The van der Waals surface area contributed by atoms with Crippen LogP contribution in [0.25, 0.3) is 0 Å². The lowest BCUT2D eigenvalue weighted by atomic mass is 10.1. The highest BCUT2D eigenvalue weighted by atomic mass is 19.1. The van der Waals surface area contributed by atoms with Crippen LogP contribution in [-0.2, 0) is 16.0 Å². The zero-order valence-electron chi connectivity index (χ0n) is 15.8. The van der Waals surface area contributed by atoms with E-state index in [1.54, 1.807) is 48.2 Å². The summed E-state index contributed by atoms with van der Waals surface area (Å²) in [5.74, 6) is -0.757. The van der Waals surface area contributed by atoms with Crippen LogP contribution < -0.4 is 4.74 Å². The van der Waals surface area contributed by atoms with Crippen LogP contribution in [0.2, 0.25) is 0 Å². The number of rotatable bonds is 8. The third kappa shape index (κ3) is 5.81. The maximum absolute atomic E-state index is 13.1. The zero-order chi connectivity index (χ0) is 19.8. The molecular formula is C21H24FNO4. The summed E-state index contributed by atoms with van der Waals surface area (Å²) in [6.45, 7) is 2.34. The number of hydrogen-bond donors (Lipinski definition) is 0. The van der Waals surface area contributed by atoms with Gasteiger partial charge in [-0.1, -0.05) is 25.1 Å². The van der Waals surface area contributed by atoms with E-state index in [1.165, 1.54) is 26.4 Å². The van der Waals surface area contributed by atoms with Crippen molar-refractivity contribution in [3.05, 3.63) is 65.5 Å². The lowest BCUT2D eigenvalue weighted by Crippen LogP contribution is -2.38. The Balaban J connectivity index is 2.17. The monoisotopic (exact) mass is 373 g/mol. The van der Waals surface area contributed by atoms with E-state index in [1.807, 2.05) is 0 Å². The Bertz CT molecular complexity index is 776. The van der Waals surface area contributed by atoms with Gasteiger partial charge in [0.25, 0.3) is 5.91 Å². The molecular weight excluding hydrogens is 349 g/mol. The van der Waals surface area contributed by atoms with Gasteiger partial charge in [0.05, 0.1) is 20.1 Å². The van der Waals surface area contributed by atoms with Gasteiger partial charge < -0.3 is 14.4 Å². The van der Waals surface area contributed by atoms with E-state index in [4.69, 9.17) is 9.47 Å². The van der Waals surface area contributed by atoms with Crippen molar-refractivity contribution in [3.8, 4) is 5.75 Å². The third-order valence-corrected chi connectivity index (χ3v) is 4.29. The van der Waals surface area contributed by atoms with Gasteiger partial charge in [0.2, 0.25) is 0 Å². The maximum atomic E-state index is 13.1. The molecule has 2 rings (SSSR count). The third-order valence-electron chi connectivity index (χ3n) is 4.29. The molecule has 0 bridgehead atoms. The van der Waals surface area contributed by atoms with Crippen LogP contribution in [0.3, 0.4) is 0 Å². The van der Waals surface area contributed by atoms with Gasteiger partial charge >= 0.3 is 5.97 Å². The molecule has 0 N–H and O–H groups in total. The molecule has 0 fully saturated rings. The number of amides is 1. The fourth-order valence-electron chi connectivity index (χ4n) is 2.74. The number of benzene rings is 2. The van der Waals surface area contributed by atoms with E-state index in [-0.39, 0.29) is 24.2 Å². The molecule has 6 heteroatoms. The average Bonchev–Trinajstić information content (AvgIpc) is 2.70. The first-order chi connectivity index (χ1) is 12.9. The summed E-state index contributed by atoms with van der Waals surface area (Å²) in [7, 11) is 2.86. The Morgan fingerprint density at radius 3 is 2.44 bits per heavy atom. The summed E-state index contributed by atoms with van der Waals surface area (Å²) in [5.41, 5.74) is 1.39. The molecule has 1 atom stereocenters. The Labute approximate surface area is 158 Å². The van der Waals surface area contributed by atoms with Crippen LogP contribution in [0.15, 0.2) is 48.5 Å². The van der Waals surface area contributed by atoms with Crippen molar-refractivity contribution in [1.82, 2.24) is 4.90 Å². The van der Waals surface area contributed by atoms with Gasteiger partial charge in [-0.15, -0.1) is 0 Å². The minimum absolute atomic E-state index is 0.202. The first kappa shape index (κ1) is 20.4. The standard InChI is InChI=1S/C21H24FNO4/c1-15(21(25)27-3)14-23(12-11-16-7-9-18(22)10-8-16)20(24)17-5-4-6-19(13-17)26-2/h4-10,13,15H,11-12,14H2,1-3H3. The van der Waals surface area contributed by atoms with Crippen molar-refractivity contribution >= 4 is 11.9 Å². The smallest absolute Gasteiger partial charge is 0.310 e. The van der Waals surface area contributed by atoms with Crippen molar-refractivity contribution in [1.29, 1.82) is 0 Å². The van der Waals surface area contributed by atoms with Crippen molar-refractivity contribution < 1.29 is 23.5 Å². The second-order valence-corrected chi connectivity index (χ2v) is 6.28. The Kier molecular flexibility index (Phi) is 7.34. The quantitative estimate of drug-likeness (QED) is 0.666. The molecule has 0 heterocycles. The topological polar surface area (TPSA) is 55.8 Å². The molecule has 0 aliphatic heterocycles. The predicted octanol–water partition coefficient (Wildman–Crippen LogP) is 3.33. The molecule has 144 valence electrons. The molecule has 0 aliphatic rings. The van der Waals surface area contributed by atoms with Crippen molar-refractivity contribution in [2.75, 3.05) is 27.3 Å². The SMILES string of the molecule is COC(=O)C(C)CN(CCc1ccc(F)cc1)C(=O)c1cccc(OC)c1. The predicted molar refractivity (Wildman–Crippen MR) is 100 cm³/mol. The highest BCUT2D eigenvalue weighted by Crippen LogP contribution is 2.16. The van der Waals surface area contributed by atoms with Gasteiger partial charge in [0.15, 0.2) is 0 Å². The molecule has 27 heavy (non-hydrogen) atoms. The zero-order valence-corrected chi connectivity index (χ0v) is 15.8. The number of esters is 1. The number of ether oxygens (including phenoxy) is 2. The van der Waals surface area contributed by atoms with Crippen molar-refractivity contribution in [2.45, 2.75) is 13.3 Å². The lowest BCUT2D eigenvalue weighted by molar-refractivity contribution is -0.145. The minimum Gasteiger partial charge on any atom is -0.497 e. The number of carbonyl (C=O) groups is 2. The van der Waals surface area contributed by atoms with E-state index >= 15 is 0 Å². The summed E-state index contributed by atoms with van der Waals surface area (Å²) < 4.78 is 23.0. The summed E-state index contributed by atoms with van der Waals surface area (Å²) >= 11 is 0. The van der Waals surface area contributed by atoms with Gasteiger partial charge in [-0.3, -0.25) is 9.59 Å². The molecule has 0 aromatic heterocycles. The van der Waals surface area contributed by atoms with Gasteiger partial charge in [0, 0.05) is 18.7 Å². The molecule has 1 amide bonds. The maximum Gasteiger partial charge on any atom is 0.310 e. The van der Waals surface area contributed by atoms with Crippen LogP contribution in [0, 0.1) is 11.7 Å². The van der Waals surface area contributed by atoms with Gasteiger partial charge in [0.1, 0.15) is 11.6 Å². The second-order valence-electron chi connectivity index (χ2n) is 6.28. The average molecular weight is 373 g/mol. The fourth-order valence-corrected chi connectivity index (χ4v) is 2.74.